The van der Waals surface area contributed by atoms with Gasteiger partial charge in [-0.15, -0.1) is 0 Å². The van der Waals surface area contributed by atoms with E-state index in [0.29, 0.717) is 12.1 Å². The fourth-order valence-electron chi connectivity index (χ4n) is 3.75. The number of rotatable bonds is 7. The Balaban J connectivity index is 1.26. The molecule has 4 rings (SSSR count). The molecule has 3 aromatic rings. The van der Waals surface area contributed by atoms with E-state index in [0.717, 1.165) is 55.2 Å². The van der Waals surface area contributed by atoms with E-state index >= 15 is 0 Å². The molecule has 156 valence electrons. The molecule has 0 aliphatic carbocycles. The van der Waals surface area contributed by atoms with Crippen molar-refractivity contribution >= 4 is 5.91 Å². The van der Waals surface area contributed by atoms with Gasteiger partial charge in [0.1, 0.15) is 11.9 Å². The maximum atomic E-state index is 12.5. The molecule has 0 saturated carbocycles. The summed E-state index contributed by atoms with van der Waals surface area (Å²) < 4.78 is 6.18. The van der Waals surface area contributed by atoms with Crippen molar-refractivity contribution in [3.63, 3.8) is 0 Å². The molecule has 1 saturated heterocycles. The zero-order chi connectivity index (χ0) is 20.8. The molecule has 1 aliphatic heterocycles. The summed E-state index contributed by atoms with van der Waals surface area (Å²) in [6.45, 7) is 5.36. The van der Waals surface area contributed by atoms with Crippen LogP contribution in [0.25, 0.3) is 0 Å². The second kappa shape index (κ2) is 9.59. The molecule has 1 fully saturated rings. The summed E-state index contributed by atoms with van der Waals surface area (Å²) in [6, 6.07) is 19.5. The summed E-state index contributed by atoms with van der Waals surface area (Å²) in [4.78, 5) is 14.9. The van der Waals surface area contributed by atoms with Crippen molar-refractivity contribution in [2.75, 3.05) is 13.1 Å². The molecule has 2 N–H and O–H groups in total. The van der Waals surface area contributed by atoms with Crippen LogP contribution in [0.2, 0.25) is 0 Å². The monoisotopic (exact) mass is 404 g/mol. The number of carbonyl (C=O) groups excluding carboxylic acids is 1. The second-order valence-electron chi connectivity index (χ2n) is 7.83. The van der Waals surface area contributed by atoms with Gasteiger partial charge in [-0.2, -0.15) is 5.10 Å². The van der Waals surface area contributed by atoms with E-state index in [2.05, 4.69) is 26.5 Å². The van der Waals surface area contributed by atoms with Crippen LogP contribution in [0.4, 0.5) is 0 Å². The first-order valence-electron chi connectivity index (χ1n) is 10.5. The Morgan fingerprint density at radius 2 is 1.93 bits per heavy atom. The Hall–Kier alpha value is -3.12. The lowest BCUT2D eigenvalue weighted by Gasteiger charge is -2.31. The number of likely N-dealkylation sites (tertiary alicyclic amines) is 1. The number of aryl methyl sites for hydroxylation is 1. The summed E-state index contributed by atoms with van der Waals surface area (Å²) in [6.07, 6.45) is 2.10. The lowest BCUT2D eigenvalue weighted by Crippen LogP contribution is -2.37. The largest absolute Gasteiger partial charge is 0.490 e. The van der Waals surface area contributed by atoms with Crippen LogP contribution in [-0.4, -0.2) is 40.2 Å². The lowest BCUT2D eigenvalue weighted by molar-refractivity contribution is 0.0932. The number of nitrogens with one attached hydrogen (secondary N) is 2. The van der Waals surface area contributed by atoms with Crippen molar-refractivity contribution in [3.05, 3.63) is 83.2 Å². The summed E-state index contributed by atoms with van der Waals surface area (Å²) >= 11 is 0. The molecule has 0 bridgehead atoms. The predicted octanol–water partition coefficient (Wildman–Crippen LogP) is 3.69. The van der Waals surface area contributed by atoms with Crippen molar-refractivity contribution in [2.24, 2.45) is 0 Å². The standard InChI is InChI=1S/C24H28N4O2/c1-18-14-21(27-26-18)17-28-12-10-22(11-13-28)30-23-9-5-8-20(15-23)24(29)25-16-19-6-3-2-4-7-19/h2-9,14-15,22H,10-13,16-17H2,1H3,(H,25,29)(H,26,27). The molecular weight excluding hydrogens is 376 g/mol. The number of nitrogens with zero attached hydrogens (tertiary/aromatic N) is 2. The summed E-state index contributed by atoms with van der Waals surface area (Å²) in [7, 11) is 0. The highest BCUT2D eigenvalue weighted by Gasteiger charge is 2.21. The Labute approximate surface area is 177 Å². The van der Waals surface area contributed by atoms with Gasteiger partial charge in [0, 0.05) is 37.4 Å². The molecule has 30 heavy (non-hydrogen) atoms. The number of H-pyrrole nitrogens is 1. The molecule has 2 aromatic carbocycles. The summed E-state index contributed by atoms with van der Waals surface area (Å²) in [5.41, 5.74) is 3.88. The number of aromatic nitrogens is 2. The van der Waals surface area contributed by atoms with Crippen LogP contribution in [0.15, 0.2) is 60.7 Å². The van der Waals surface area contributed by atoms with Crippen LogP contribution in [-0.2, 0) is 13.1 Å². The topological polar surface area (TPSA) is 70.2 Å². The van der Waals surface area contributed by atoms with Gasteiger partial charge in [-0.3, -0.25) is 14.8 Å². The summed E-state index contributed by atoms with van der Waals surface area (Å²) in [5.74, 6) is 0.664. The smallest absolute Gasteiger partial charge is 0.251 e. The zero-order valence-electron chi connectivity index (χ0n) is 17.3. The van der Waals surface area contributed by atoms with E-state index in [1.807, 2.05) is 61.5 Å². The number of hydrogen-bond acceptors (Lipinski definition) is 4. The predicted molar refractivity (Wildman–Crippen MR) is 116 cm³/mol. The third-order valence-corrected chi connectivity index (χ3v) is 5.37. The molecular formula is C24H28N4O2. The third kappa shape index (κ3) is 5.48. The molecule has 0 spiro atoms. The zero-order valence-corrected chi connectivity index (χ0v) is 17.3. The van der Waals surface area contributed by atoms with Crippen LogP contribution in [0.5, 0.6) is 5.75 Å². The Kier molecular flexibility index (Phi) is 6.44. The first-order chi connectivity index (χ1) is 14.7. The fourth-order valence-corrected chi connectivity index (χ4v) is 3.75. The minimum absolute atomic E-state index is 0.0894. The van der Waals surface area contributed by atoms with Crippen LogP contribution in [0.3, 0.4) is 0 Å². The fraction of sp³-hybridized carbons (Fsp3) is 0.333. The van der Waals surface area contributed by atoms with Gasteiger partial charge in [0.05, 0.1) is 5.69 Å². The van der Waals surface area contributed by atoms with E-state index in [1.54, 1.807) is 0 Å². The number of benzene rings is 2. The Morgan fingerprint density at radius 3 is 2.67 bits per heavy atom. The molecule has 0 radical (unpaired) electrons. The third-order valence-electron chi connectivity index (χ3n) is 5.37. The Bertz CT molecular complexity index is 962. The molecule has 0 unspecified atom stereocenters. The number of amides is 1. The van der Waals surface area contributed by atoms with E-state index in [4.69, 9.17) is 4.74 Å². The van der Waals surface area contributed by atoms with Crippen LogP contribution >= 0.6 is 0 Å². The normalized spacial score (nSPS) is 15.1. The molecule has 0 atom stereocenters. The number of carbonyl (C=O) groups is 1. The minimum atomic E-state index is -0.0894. The highest BCUT2D eigenvalue weighted by Crippen LogP contribution is 2.21. The van der Waals surface area contributed by atoms with Crippen LogP contribution in [0.1, 0.15) is 40.2 Å². The van der Waals surface area contributed by atoms with Crippen LogP contribution in [0, 0.1) is 6.92 Å². The maximum absolute atomic E-state index is 12.5. The van der Waals surface area contributed by atoms with Gasteiger partial charge in [-0.25, -0.2) is 0 Å². The van der Waals surface area contributed by atoms with E-state index in [9.17, 15) is 4.79 Å². The highest BCUT2D eigenvalue weighted by molar-refractivity contribution is 5.94. The number of aromatic amines is 1. The highest BCUT2D eigenvalue weighted by atomic mass is 16.5. The lowest BCUT2D eigenvalue weighted by atomic mass is 10.1. The number of ether oxygens (including phenoxy) is 1. The van der Waals surface area contributed by atoms with Crippen molar-refractivity contribution in [2.45, 2.75) is 39.0 Å². The molecule has 6 nitrogen and oxygen atoms in total. The van der Waals surface area contributed by atoms with Gasteiger partial charge in [0.25, 0.3) is 5.91 Å². The van der Waals surface area contributed by atoms with Gasteiger partial charge in [-0.1, -0.05) is 36.4 Å². The van der Waals surface area contributed by atoms with Gasteiger partial charge in [0.2, 0.25) is 0 Å². The van der Waals surface area contributed by atoms with E-state index < -0.39 is 0 Å². The first-order valence-corrected chi connectivity index (χ1v) is 10.5. The average Bonchev–Trinajstić information content (AvgIpc) is 3.19. The molecule has 1 amide bonds. The second-order valence-corrected chi connectivity index (χ2v) is 7.83. The SMILES string of the molecule is Cc1cc(CN2CCC(Oc3cccc(C(=O)NCc4ccccc4)c3)CC2)n[nH]1. The maximum Gasteiger partial charge on any atom is 0.251 e. The number of piperidine rings is 1. The van der Waals surface area contributed by atoms with Gasteiger partial charge in [-0.05, 0) is 49.6 Å². The van der Waals surface area contributed by atoms with Crippen molar-refractivity contribution in [1.29, 1.82) is 0 Å². The summed E-state index contributed by atoms with van der Waals surface area (Å²) in [5, 5.41) is 10.3. The molecule has 1 aromatic heterocycles. The average molecular weight is 405 g/mol. The van der Waals surface area contributed by atoms with Gasteiger partial charge < -0.3 is 10.1 Å². The molecule has 2 heterocycles. The van der Waals surface area contributed by atoms with Gasteiger partial charge in [0.15, 0.2) is 0 Å². The molecule has 6 heteroatoms. The molecule has 1 aliphatic rings. The van der Waals surface area contributed by atoms with E-state index in [-0.39, 0.29) is 12.0 Å². The van der Waals surface area contributed by atoms with Gasteiger partial charge >= 0.3 is 0 Å². The quantitative estimate of drug-likeness (QED) is 0.630. The first kappa shape index (κ1) is 20.2. The van der Waals surface area contributed by atoms with E-state index in [1.165, 1.54) is 0 Å². The Morgan fingerprint density at radius 1 is 1.13 bits per heavy atom. The minimum Gasteiger partial charge on any atom is -0.490 e. The van der Waals surface area contributed by atoms with Crippen molar-refractivity contribution in [1.82, 2.24) is 20.4 Å². The van der Waals surface area contributed by atoms with Crippen LogP contribution < -0.4 is 10.1 Å². The number of hydrogen-bond donors (Lipinski definition) is 2. The van der Waals surface area contributed by atoms with Crippen molar-refractivity contribution < 1.29 is 9.53 Å². The van der Waals surface area contributed by atoms with Crippen molar-refractivity contribution in [3.8, 4) is 5.75 Å².